The predicted molar refractivity (Wildman–Crippen MR) is 115 cm³/mol. The molecule has 1 aromatic heterocycles. The van der Waals surface area contributed by atoms with Crippen LogP contribution in [0.1, 0.15) is 11.5 Å². The molecule has 0 spiro atoms. The summed E-state index contributed by atoms with van der Waals surface area (Å²) in [6, 6.07) is 14.0. The molecular weight excluding hydrogens is 456 g/mol. The lowest BCUT2D eigenvalue weighted by atomic mass is 10.2. The van der Waals surface area contributed by atoms with E-state index in [1.165, 1.54) is 24.1 Å². The molecule has 0 bridgehead atoms. The number of fused-ring (bicyclic) bond motifs is 1. The van der Waals surface area contributed by atoms with Crippen LogP contribution in [0, 0.1) is 6.92 Å². The summed E-state index contributed by atoms with van der Waals surface area (Å²) in [5.41, 5.74) is 1.65. The van der Waals surface area contributed by atoms with Gasteiger partial charge in [-0.15, -0.1) is 0 Å². The van der Waals surface area contributed by atoms with Gasteiger partial charge in [0, 0.05) is 29.6 Å². The summed E-state index contributed by atoms with van der Waals surface area (Å²) >= 11 is 3.28. The molecule has 1 amide bonds. The van der Waals surface area contributed by atoms with Crippen molar-refractivity contribution in [3.05, 3.63) is 64.5 Å². The zero-order valence-corrected chi connectivity index (χ0v) is 18.7. The van der Waals surface area contributed by atoms with Crippen molar-refractivity contribution in [2.75, 3.05) is 20.6 Å². The Kier molecular flexibility index (Phi) is 6.30. The van der Waals surface area contributed by atoms with Gasteiger partial charge in [-0.3, -0.25) is 4.79 Å². The Hall–Kier alpha value is -2.36. The van der Waals surface area contributed by atoms with E-state index in [0.29, 0.717) is 5.82 Å². The standard InChI is InChI=1S/C20H21BrN4O3S/c1-14-17-6-4-5-7-18(17)23-19(22-14)12-24(2)20(26)13-25(3)29(27,28)16-10-8-15(21)9-11-16/h4-11H,12-13H2,1-3H3. The van der Waals surface area contributed by atoms with Crippen LogP contribution in [0.2, 0.25) is 0 Å². The van der Waals surface area contributed by atoms with Crippen molar-refractivity contribution in [3.63, 3.8) is 0 Å². The molecule has 0 N–H and O–H groups in total. The lowest BCUT2D eigenvalue weighted by molar-refractivity contribution is -0.130. The highest BCUT2D eigenvalue weighted by atomic mass is 79.9. The zero-order valence-electron chi connectivity index (χ0n) is 16.3. The molecular formula is C20H21BrN4O3S. The molecule has 0 radical (unpaired) electrons. The third-order valence-corrected chi connectivity index (χ3v) is 6.87. The summed E-state index contributed by atoms with van der Waals surface area (Å²) in [4.78, 5) is 23.1. The van der Waals surface area contributed by atoms with Gasteiger partial charge in [0.15, 0.2) is 0 Å². The van der Waals surface area contributed by atoms with Gasteiger partial charge in [-0.1, -0.05) is 34.1 Å². The number of amides is 1. The molecule has 0 saturated carbocycles. The minimum atomic E-state index is -3.76. The molecule has 0 aliphatic carbocycles. The number of likely N-dealkylation sites (N-methyl/N-ethyl adjacent to an activating group) is 2. The number of halogens is 1. The Morgan fingerprint density at radius 3 is 2.38 bits per heavy atom. The second kappa shape index (κ2) is 8.56. The van der Waals surface area contributed by atoms with Crippen LogP contribution in [0.5, 0.6) is 0 Å². The molecule has 0 aliphatic rings. The van der Waals surface area contributed by atoms with E-state index in [2.05, 4.69) is 25.9 Å². The number of carbonyl (C=O) groups excluding carboxylic acids is 1. The molecule has 3 aromatic rings. The van der Waals surface area contributed by atoms with Gasteiger partial charge in [0.2, 0.25) is 15.9 Å². The van der Waals surface area contributed by atoms with Crippen LogP contribution < -0.4 is 0 Å². The van der Waals surface area contributed by atoms with E-state index in [9.17, 15) is 13.2 Å². The molecule has 0 saturated heterocycles. The SMILES string of the molecule is Cc1nc(CN(C)C(=O)CN(C)S(=O)(=O)c2ccc(Br)cc2)nc2ccccc12. The number of aromatic nitrogens is 2. The lowest BCUT2D eigenvalue weighted by Crippen LogP contribution is -2.39. The molecule has 0 unspecified atom stereocenters. The number of rotatable bonds is 6. The summed E-state index contributed by atoms with van der Waals surface area (Å²) in [5.74, 6) is 0.165. The number of hydrogen-bond donors (Lipinski definition) is 0. The molecule has 3 rings (SSSR count). The predicted octanol–water partition coefficient (Wildman–Crippen LogP) is 2.98. The van der Waals surface area contributed by atoms with E-state index >= 15 is 0 Å². The highest BCUT2D eigenvalue weighted by Gasteiger charge is 2.24. The van der Waals surface area contributed by atoms with Gasteiger partial charge in [-0.2, -0.15) is 4.31 Å². The Balaban J connectivity index is 1.71. The molecule has 7 nitrogen and oxygen atoms in total. The summed E-state index contributed by atoms with van der Waals surface area (Å²) < 4.78 is 27.2. The fourth-order valence-corrected chi connectivity index (χ4v) is 4.23. The van der Waals surface area contributed by atoms with Crippen molar-refractivity contribution in [1.29, 1.82) is 0 Å². The molecule has 152 valence electrons. The van der Waals surface area contributed by atoms with Gasteiger partial charge in [0.05, 0.1) is 23.5 Å². The molecule has 2 aromatic carbocycles. The summed E-state index contributed by atoms with van der Waals surface area (Å²) in [5, 5.41) is 0.963. The maximum atomic E-state index is 12.7. The van der Waals surface area contributed by atoms with Crippen LogP contribution in [0.4, 0.5) is 0 Å². The van der Waals surface area contributed by atoms with E-state index < -0.39 is 10.0 Å². The molecule has 9 heteroatoms. The normalized spacial score (nSPS) is 11.8. The molecule has 0 atom stereocenters. The van der Waals surface area contributed by atoms with Gasteiger partial charge in [0.1, 0.15) is 5.82 Å². The smallest absolute Gasteiger partial charge is 0.243 e. The number of benzene rings is 2. The Labute approximate surface area is 178 Å². The van der Waals surface area contributed by atoms with E-state index in [0.717, 1.165) is 25.4 Å². The number of aryl methyl sites for hydroxylation is 1. The number of carbonyl (C=O) groups is 1. The number of nitrogens with zero attached hydrogens (tertiary/aromatic N) is 4. The maximum Gasteiger partial charge on any atom is 0.243 e. The van der Waals surface area contributed by atoms with Crippen molar-refractivity contribution in [1.82, 2.24) is 19.2 Å². The summed E-state index contributed by atoms with van der Waals surface area (Å²) in [6.07, 6.45) is 0. The van der Waals surface area contributed by atoms with Crippen LogP contribution in [0.3, 0.4) is 0 Å². The van der Waals surface area contributed by atoms with Crippen LogP contribution in [-0.4, -0.2) is 54.1 Å². The Bertz CT molecular complexity index is 1150. The number of para-hydroxylation sites is 1. The van der Waals surface area contributed by atoms with Crippen molar-refractivity contribution in [3.8, 4) is 0 Å². The van der Waals surface area contributed by atoms with Crippen LogP contribution >= 0.6 is 15.9 Å². The van der Waals surface area contributed by atoms with Gasteiger partial charge >= 0.3 is 0 Å². The Morgan fingerprint density at radius 1 is 1.03 bits per heavy atom. The van der Waals surface area contributed by atoms with Crippen molar-refractivity contribution < 1.29 is 13.2 Å². The zero-order chi connectivity index (χ0) is 21.2. The highest BCUT2D eigenvalue weighted by Crippen LogP contribution is 2.18. The quantitative estimate of drug-likeness (QED) is 0.545. The average molecular weight is 477 g/mol. The molecule has 29 heavy (non-hydrogen) atoms. The first-order valence-corrected chi connectivity index (χ1v) is 11.1. The number of hydrogen-bond acceptors (Lipinski definition) is 5. The van der Waals surface area contributed by atoms with E-state index in [1.807, 2.05) is 31.2 Å². The van der Waals surface area contributed by atoms with Gasteiger partial charge in [-0.25, -0.2) is 18.4 Å². The third kappa shape index (κ3) is 4.80. The minimum absolute atomic E-state index is 0.132. The monoisotopic (exact) mass is 476 g/mol. The van der Waals surface area contributed by atoms with Crippen molar-refractivity contribution in [2.24, 2.45) is 0 Å². The van der Waals surface area contributed by atoms with Crippen molar-refractivity contribution >= 4 is 42.8 Å². The van der Waals surface area contributed by atoms with Gasteiger partial charge in [-0.05, 0) is 37.3 Å². The highest BCUT2D eigenvalue weighted by molar-refractivity contribution is 9.10. The Morgan fingerprint density at radius 2 is 1.69 bits per heavy atom. The topological polar surface area (TPSA) is 83.5 Å². The lowest BCUT2D eigenvalue weighted by Gasteiger charge is -2.21. The first kappa shape index (κ1) is 21.4. The molecule has 0 fully saturated rings. The largest absolute Gasteiger partial charge is 0.337 e. The fraction of sp³-hybridized carbons (Fsp3) is 0.250. The van der Waals surface area contributed by atoms with E-state index in [4.69, 9.17) is 0 Å². The average Bonchev–Trinajstić information content (AvgIpc) is 2.68. The maximum absolute atomic E-state index is 12.7. The van der Waals surface area contributed by atoms with Crippen LogP contribution in [-0.2, 0) is 21.4 Å². The van der Waals surface area contributed by atoms with Crippen LogP contribution in [0.15, 0.2) is 57.9 Å². The van der Waals surface area contributed by atoms with E-state index in [1.54, 1.807) is 19.2 Å². The van der Waals surface area contributed by atoms with E-state index in [-0.39, 0.29) is 23.9 Å². The fourth-order valence-electron chi connectivity index (χ4n) is 2.85. The minimum Gasteiger partial charge on any atom is -0.337 e. The summed E-state index contributed by atoms with van der Waals surface area (Å²) in [6.45, 7) is 1.81. The molecule has 0 aliphatic heterocycles. The summed E-state index contributed by atoms with van der Waals surface area (Å²) in [7, 11) is -0.763. The van der Waals surface area contributed by atoms with Gasteiger partial charge < -0.3 is 4.90 Å². The van der Waals surface area contributed by atoms with Crippen molar-refractivity contribution in [2.45, 2.75) is 18.4 Å². The van der Waals surface area contributed by atoms with Gasteiger partial charge in [0.25, 0.3) is 0 Å². The first-order valence-electron chi connectivity index (χ1n) is 8.86. The third-order valence-electron chi connectivity index (χ3n) is 4.52. The second-order valence-electron chi connectivity index (χ2n) is 6.71. The first-order chi connectivity index (χ1) is 13.7. The van der Waals surface area contributed by atoms with Crippen LogP contribution in [0.25, 0.3) is 10.9 Å². The second-order valence-corrected chi connectivity index (χ2v) is 9.67. The number of sulfonamides is 1. The molecule has 1 heterocycles.